The van der Waals surface area contributed by atoms with E-state index in [0.717, 1.165) is 39.2 Å². The van der Waals surface area contributed by atoms with Crippen LogP contribution in [0.1, 0.15) is 11.1 Å². The van der Waals surface area contributed by atoms with Crippen LogP contribution >= 0.6 is 11.8 Å². The molecule has 1 aliphatic heterocycles. The Hall–Kier alpha value is -4.30. The predicted molar refractivity (Wildman–Crippen MR) is 146 cm³/mol. The van der Waals surface area contributed by atoms with Gasteiger partial charge < -0.3 is 19.9 Å². The molecule has 0 atom stereocenters. The summed E-state index contributed by atoms with van der Waals surface area (Å²) in [5, 5.41) is 7.25. The molecule has 0 spiro atoms. The molecule has 5 rings (SSSR count). The quantitative estimate of drug-likeness (QED) is 0.346. The fourth-order valence-electron chi connectivity index (χ4n) is 3.99. The van der Waals surface area contributed by atoms with Gasteiger partial charge in [-0.1, -0.05) is 30.3 Å². The molecule has 1 aliphatic rings. The van der Waals surface area contributed by atoms with E-state index >= 15 is 0 Å². The molecule has 7 nitrogen and oxygen atoms in total. The van der Waals surface area contributed by atoms with E-state index in [1.54, 1.807) is 7.11 Å². The lowest BCUT2D eigenvalue weighted by Crippen LogP contribution is -2.19. The fourth-order valence-corrected chi connectivity index (χ4v) is 4.83. The van der Waals surface area contributed by atoms with Gasteiger partial charge >= 0.3 is 0 Å². The van der Waals surface area contributed by atoms with E-state index in [9.17, 15) is 9.59 Å². The second-order valence-electron chi connectivity index (χ2n) is 8.33. The van der Waals surface area contributed by atoms with E-state index in [1.165, 1.54) is 11.8 Å². The van der Waals surface area contributed by atoms with E-state index < -0.39 is 0 Å². The van der Waals surface area contributed by atoms with Gasteiger partial charge in [0.1, 0.15) is 12.3 Å². The third kappa shape index (κ3) is 5.18. The predicted octanol–water partition coefficient (Wildman–Crippen LogP) is 5.49. The molecular formula is C28H24N4O3S. The summed E-state index contributed by atoms with van der Waals surface area (Å²) in [6.45, 7) is 2.14. The van der Waals surface area contributed by atoms with Gasteiger partial charge in [-0.2, -0.15) is 0 Å². The van der Waals surface area contributed by atoms with Crippen LogP contribution in [0.4, 0.5) is 11.4 Å². The molecule has 2 N–H and O–H groups in total. The summed E-state index contributed by atoms with van der Waals surface area (Å²) in [5.41, 5.74) is 4.34. The minimum absolute atomic E-state index is 0.123. The number of aliphatic imine (C=N–C) groups is 1. The van der Waals surface area contributed by atoms with Crippen molar-refractivity contribution in [2.75, 3.05) is 12.4 Å². The van der Waals surface area contributed by atoms with Gasteiger partial charge in [0, 0.05) is 28.4 Å². The molecule has 0 aliphatic carbocycles. The Bertz CT molecular complexity index is 1520. The zero-order valence-electron chi connectivity index (χ0n) is 19.8. The monoisotopic (exact) mass is 496 g/mol. The van der Waals surface area contributed by atoms with Crippen molar-refractivity contribution >= 4 is 57.1 Å². The maximum Gasteiger partial charge on any atom is 0.264 e. The number of thioether (sulfide) groups is 1. The lowest BCUT2D eigenvalue weighted by atomic mass is 10.1. The number of aromatic nitrogens is 1. The maximum atomic E-state index is 12.8. The number of hydrogen-bond acceptors (Lipinski definition) is 5. The summed E-state index contributed by atoms with van der Waals surface area (Å²) < 4.78 is 7.08. The number of amides is 2. The second kappa shape index (κ2) is 10.1. The number of nitrogens with zero attached hydrogens (tertiary/aromatic N) is 2. The first kappa shape index (κ1) is 23.4. The molecule has 1 aromatic heterocycles. The van der Waals surface area contributed by atoms with Crippen LogP contribution in [-0.4, -0.2) is 28.7 Å². The zero-order valence-corrected chi connectivity index (χ0v) is 20.6. The number of rotatable bonds is 6. The molecule has 3 aromatic carbocycles. The third-order valence-corrected chi connectivity index (χ3v) is 6.59. The Morgan fingerprint density at radius 3 is 2.69 bits per heavy atom. The SMILES string of the molecule is COc1ccc(N=C2NC(=O)/C(=C/c3cn(CC(=O)Nc4cccc(C)c4)c4ccccc34)S2)cc1. The lowest BCUT2D eigenvalue weighted by molar-refractivity contribution is -0.117. The van der Waals surface area contributed by atoms with Gasteiger partial charge in [0.05, 0.1) is 17.7 Å². The summed E-state index contributed by atoms with van der Waals surface area (Å²) in [4.78, 5) is 30.5. The highest BCUT2D eigenvalue weighted by atomic mass is 32.2. The highest BCUT2D eigenvalue weighted by Gasteiger charge is 2.24. The van der Waals surface area contributed by atoms with E-state index in [1.807, 2.05) is 96.6 Å². The average Bonchev–Trinajstić information content (AvgIpc) is 3.39. The Balaban J connectivity index is 1.38. The van der Waals surface area contributed by atoms with Gasteiger partial charge in [0.2, 0.25) is 5.91 Å². The number of amidine groups is 1. The molecule has 36 heavy (non-hydrogen) atoms. The van der Waals surface area contributed by atoms with Gasteiger partial charge in [0.15, 0.2) is 5.17 Å². The molecule has 1 saturated heterocycles. The van der Waals surface area contributed by atoms with Crippen molar-refractivity contribution in [2.24, 2.45) is 4.99 Å². The van der Waals surface area contributed by atoms with Gasteiger partial charge in [-0.05, 0) is 72.8 Å². The van der Waals surface area contributed by atoms with Crippen LogP contribution in [0.2, 0.25) is 0 Å². The van der Waals surface area contributed by atoms with E-state index in [0.29, 0.717) is 10.1 Å². The van der Waals surface area contributed by atoms with Gasteiger partial charge in [-0.15, -0.1) is 0 Å². The third-order valence-electron chi connectivity index (χ3n) is 5.68. The number of nitrogens with one attached hydrogen (secondary N) is 2. The molecule has 2 heterocycles. The minimum Gasteiger partial charge on any atom is -0.497 e. The highest BCUT2D eigenvalue weighted by Crippen LogP contribution is 2.31. The van der Waals surface area contributed by atoms with Crippen molar-refractivity contribution in [2.45, 2.75) is 13.5 Å². The summed E-state index contributed by atoms with van der Waals surface area (Å²) in [6, 6.07) is 22.8. The highest BCUT2D eigenvalue weighted by molar-refractivity contribution is 8.18. The number of hydrogen-bond donors (Lipinski definition) is 2. The number of fused-ring (bicyclic) bond motifs is 1. The zero-order chi connectivity index (χ0) is 25.1. The Labute approximate surface area is 212 Å². The largest absolute Gasteiger partial charge is 0.497 e. The molecule has 8 heteroatoms. The molecule has 4 aromatic rings. The molecule has 0 saturated carbocycles. The molecule has 0 unspecified atom stereocenters. The molecule has 0 bridgehead atoms. The first-order valence-electron chi connectivity index (χ1n) is 11.4. The van der Waals surface area contributed by atoms with Crippen molar-refractivity contribution in [1.29, 1.82) is 0 Å². The van der Waals surface area contributed by atoms with Crippen molar-refractivity contribution in [3.8, 4) is 5.75 Å². The van der Waals surface area contributed by atoms with Crippen LogP contribution in [0, 0.1) is 6.92 Å². The number of benzene rings is 3. The number of anilines is 1. The summed E-state index contributed by atoms with van der Waals surface area (Å²) in [5.74, 6) is 0.412. The van der Waals surface area contributed by atoms with E-state index in [2.05, 4.69) is 15.6 Å². The number of ether oxygens (including phenoxy) is 1. The number of carbonyl (C=O) groups is 2. The molecule has 1 fully saturated rings. The standard InChI is InChI=1S/C28H24N4O3S/c1-18-6-5-7-21(14-18)29-26(33)17-32-16-19(23-8-3-4-9-24(23)32)15-25-27(34)31-28(36-25)30-20-10-12-22(35-2)13-11-20/h3-16H,17H2,1-2H3,(H,29,33)(H,30,31,34)/b25-15-. The number of carbonyl (C=O) groups excluding carboxylic acids is 2. The first-order valence-corrected chi connectivity index (χ1v) is 12.2. The van der Waals surface area contributed by atoms with Crippen LogP contribution in [0.15, 0.2) is 88.9 Å². The first-order chi connectivity index (χ1) is 17.5. The topological polar surface area (TPSA) is 84.7 Å². The van der Waals surface area contributed by atoms with Crippen molar-refractivity contribution < 1.29 is 14.3 Å². The molecular weight excluding hydrogens is 472 g/mol. The number of para-hydroxylation sites is 1. The van der Waals surface area contributed by atoms with Gasteiger partial charge in [-0.3, -0.25) is 9.59 Å². The van der Waals surface area contributed by atoms with Crippen molar-refractivity contribution in [3.05, 3.63) is 95.0 Å². The second-order valence-corrected chi connectivity index (χ2v) is 9.36. The molecule has 180 valence electrons. The summed E-state index contributed by atoms with van der Waals surface area (Å²) in [6.07, 6.45) is 3.74. The average molecular weight is 497 g/mol. The van der Waals surface area contributed by atoms with Gasteiger partial charge in [0.25, 0.3) is 5.91 Å². The van der Waals surface area contributed by atoms with E-state index in [-0.39, 0.29) is 18.4 Å². The van der Waals surface area contributed by atoms with Crippen LogP contribution in [0.25, 0.3) is 17.0 Å². The van der Waals surface area contributed by atoms with Crippen LogP contribution < -0.4 is 15.4 Å². The lowest BCUT2D eigenvalue weighted by Gasteiger charge is -2.08. The Morgan fingerprint density at radius 1 is 1.11 bits per heavy atom. The minimum atomic E-state index is -0.207. The fraction of sp³-hybridized carbons (Fsp3) is 0.107. The van der Waals surface area contributed by atoms with E-state index in [4.69, 9.17) is 4.74 Å². The smallest absolute Gasteiger partial charge is 0.264 e. The molecule has 2 amide bonds. The van der Waals surface area contributed by atoms with Crippen LogP contribution in [0.3, 0.4) is 0 Å². The van der Waals surface area contributed by atoms with Crippen LogP contribution in [-0.2, 0) is 16.1 Å². The Morgan fingerprint density at radius 2 is 1.92 bits per heavy atom. The number of aryl methyl sites for hydroxylation is 1. The Kier molecular flexibility index (Phi) is 6.60. The maximum absolute atomic E-state index is 12.8. The normalized spacial score (nSPS) is 15.4. The van der Waals surface area contributed by atoms with Crippen molar-refractivity contribution in [3.63, 3.8) is 0 Å². The van der Waals surface area contributed by atoms with Gasteiger partial charge in [-0.25, -0.2) is 4.99 Å². The van der Waals surface area contributed by atoms with Crippen LogP contribution in [0.5, 0.6) is 5.75 Å². The molecule has 0 radical (unpaired) electrons. The van der Waals surface area contributed by atoms with Crippen molar-refractivity contribution in [1.82, 2.24) is 9.88 Å². The summed E-state index contributed by atoms with van der Waals surface area (Å²) >= 11 is 1.28. The number of methoxy groups -OCH3 is 1. The summed E-state index contributed by atoms with van der Waals surface area (Å²) in [7, 11) is 1.61.